The van der Waals surface area contributed by atoms with Gasteiger partial charge in [0.25, 0.3) is 5.95 Å². The molecule has 1 aliphatic heterocycles. The summed E-state index contributed by atoms with van der Waals surface area (Å²) in [5, 5.41) is 18.1. The molecule has 0 saturated heterocycles. The van der Waals surface area contributed by atoms with E-state index in [9.17, 15) is 18.3 Å². The van der Waals surface area contributed by atoms with Crippen LogP contribution in [-0.4, -0.2) is 165 Å². The second kappa shape index (κ2) is 30.7. The van der Waals surface area contributed by atoms with Gasteiger partial charge in [-0.05, 0) is 77.8 Å². The number of aliphatic imine (C=N–C) groups is 1. The van der Waals surface area contributed by atoms with Crippen molar-refractivity contribution in [3.05, 3.63) is 111 Å². The molecule has 5 aromatic rings. The number of carbonyl (C=O) groups is 1. The molecular formula is C50H64Cl3N9O11S. The van der Waals surface area contributed by atoms with E-state index < -0.39 is 16.3 Å². The highest BCUT2D eigenvalue weighted by Crippen LogP contribution is 2.39. The summed E-state index contributed by atoms with van der Waals surface area (Å²) in [7, 11) is -3.79. The topological polar surface area (TPSA) is 266 Å². The number of nitrogens with two attached hydrogens (primary N) is 2. The molecule has 1 unspecified atom stereocenters. The molecule has 0 fully saturated rings. The van der Waals surface area contributed by atoms with Crippen LogP contribution in [0.4, 0.5) is 5.95 Å². The molecule has 2 atom stereocenters. The predicted octanol–water partition coefficient (Wildman–Crippen LogP) is 4.61. The summed E-state index contributed by atoms with van der Waals surface area (Å²) in [5.74, 6) is 0.151. The maximum Gasteiger partial charge on any atom is 0.253 e. The second-order valence-corrected chi connectivity index (χ2v) is 19.7. The SMILES string of the molecule is CCN1Cc2c(Cl)cc(Cl)cc2[C@H](c2cccc(S(=O)(=O)NCCOCCOCCOCCNC(O)COCC(=O)NCCOCCOCCOc3cccc(-c4nc(N=C(N)N)nc5ccc(Cl)cc45)c3)c2)C1. The van der Waals surface area contributed by atoms with Crippen molar-refractivity contribution in [2.75, 3.05) is 119 Å². The molecule has 2 heterocycles. The lowest BCUT2D eigenvalue weighted by Gasteiger charge is -2.35. The van der Waals surface area contributed by atoms with Crippen LogP contribution in [0.25, 0.3) is 22.2 Å². The molecule has 4 aromatic carbocycles. The number of halogens is 3. The third-order valence-electron chi connectivity index (χ3n) is 11.2. The lowest BCUT2D eigenvalue weighted by Crippen LogP contribution is -2.37. The van der Waals surface area contributed by atoms with Crippen LogP contribution in [0.2, 0.25) is 15.1 Å². The molecule has 20 nitrogen and oxygen atoms in total. The van der Waals surface area contributed by atoms with Gasteiger partial charge >= 0.3 is 0 Å². The van der Waals surface area contributed by atoms with E-state index in [1.54, 1.807) is 42.5 Å². The number of aliphatic hydroxyl groups is 1. The number of carbonyl (C=O) groups excluding carboxylic acids is 1. The summed E-state index contributed by atoms with van der Waals surface area (Å²) in [5.41, 5.74) is 16.0. The van der Waals surface area contributed by atoms with Gasteiger partial charge in [-0.15, -0.1) is 0 Å². The van der Waals surface area contributed by atoms with Crippen LogP contribution in [0.5, 0.6) is 5.75 Å². The van der Waals surface area contributed by atoms with Gasteiger partial charge in [0.05, 0.1) is 88.8 Å². The fraction of sp³-hybridized carbons (Fsp3) is 0.440. The number of amides is 1. The lowest BCUT2D eigenvalue weighted by molar-refractivity contribution is -0.127. The van der Waals surface area contributed by atoms with Crippen molar-refractivity contribution in [1.29, 1.82) is 0 Å². The largest absolute Gasteiger partial charge is 0.491 e. The van der Waals surface area contributed by atoms with Gasteiger partial charge in [0.2, 0.25) is 15.9 Å². The summed E-state index contributed by atoms with van der Waals surface area (Å²) < 4.78 is 67.9. The van der Waals surface area contributed by atoms with E-state index in [0.717, 1.165) is 40.7 Å². The molecule has 1 aromatic heterocycles. The van der Waals surface area contributed by atoms with E-state index in [0.29, 0.717) is 98.0 Å². The summed E-state index contributed by atoms with van der Waals surface area (Å²) in [6.07, 6.45) is -0.989. The zero-order valence-corrected chi connectivity index (χ0v) is 44.2. The first kappa shape index (κ1) is 58.4. The Kier molecular flexibility index (Phi) is 24.2. The van der Waals surface area contributed by atoms with Crippen LogP contribution < -0.4 is 31.6 Å². The highest BCUT2D eigenvalue weighted by Gasteiger charge is 2.29. The van der Waals surface area contributed by atoms with Gasteiger partial charge < -0.3 is 55.0 Å². The van der Waals surface area contributed by atoms with Gasteiger partial charge in [-0.3, -0.25) is 15.0 Å². The number of ether oxygens (including phenoxy) is 7. The van der Waals surface area contributed by atoms with Crippen LogP contribution in [0.3, 0.4) is 0 Å². The van der Waals surface area contributed by atoms with Crippen LogP contribution >= 0.6 is 34.8 Å². The first-order valence-corrected chi connectivity index (χ1v) is 26.7. The number of nitrogens with one attached hydrogen (secondary N) is 3. The Morgan fingerprint density at radius 1 is 0.797 bits per heavy atom. The Balaban J connectivity index is 0.713. The zero-order valence-electron chi connectivity index (χ0n) is 41.1. The highest BCUT2D eigenvalue weighted by atomic mass is 35.5. The first-order valence-electron chi connectivity index (χ1n) is 24.0. The Labute approximate surface area is 446 Å². The van der Waals surface area contributed by atoms with E-state index >= 15 is 0 Å². The summed E-state index contributed by atoms with van der Waals surface area (Å²) >= 11 is 19.2. The molecule has 74 heavy (non-hydrogen) atoms. The predicted molar refractivity (Wildman–Crippen MR) is 284 cm³/mol. The fourth-order valence-electron chi connectivity index (χ4n) is 7.72. The second-order valence-electron chi connectivity index (χ2n) is 16.6. The minimum atomic E-state index is -3.79. The van der Waals surface area contributed by atoms with Crippen molar-refractivity contribution >= 4 is 73.5 Å². The molecule has 0 bridgehead atoms. The van der Waals surface area contributed by atoms with E-state index in [1.807, 2.05) is 36.4 Å². The normalized spacial score (nSPS) is 14.2. The number of sulfonamides is 1. The van der Waals surface area contributed by atoms with Gasteiger partial charge in [-0.2, -0.15) is 4.99 Å². The Morgan fingerprint density at radius 3 is 2.22 bits per heavy atom. The van der Waals surface area contributed by atoms with Gasteiger partial charge in [0.1, 0.15) is 25.2 Å². The van der Waals surface area contributed by atoms with E-state index in [4.69, 9.17) is 79.4 Å². The monoisotopic (exact) mass is 1100 g/mol. The average molecular weight is 1110 g/mol. The van der Waals surface area contributed by atoms with E-state index in [1.165, 1.54) is 0 Å². The Bertz CT molecular complexity index is 2730. The van der Waals surface area contributed by atoms with E-state index in [-0.39, 0.29) is 74.8 Å². The van der Waals surface area contributed by atoms with Crippen LogP contribution in [0.1, 0.15) is 29.5 Å². The number of nitrogens with zero attached hydrogens (tertiary/aromatic N) is 4. The molecule has 1 amide bonds. The number of hydrogen-bond donors (Lipinski definition) is 6. The molecule has 0 saturated carbocycles. The smallest absolute Gasteiger partial charge is 0.253 e. The molecule has 6 rings (SSSR count). The Morgan fingerprint density at radius 2 is 1.49 bits per heavy atom. The minimum Gasteiger partial charge on any atom is -0.491 e. The number of aromatic nitrogens is 2. The Hall–Kier alpha value is -4.82. The van der Waals surface area contributed by atoms with Crippen molar-refractivity contribution in [2.45, 2.75) is 30.5 Å². The van der Waals surface area contributed by atoms with Crippen LogP contribution in [-0.2, 0) is 49.8 Å². The first-order chi connectivity index (χ1) is 35.8. The molecule has 0 spiro atoms. The van der Waals surface area contributed by atoms with Crippen molar-refractivity contribution in [3.8, 4) is 17.0 Å². The molecule has 0 radical (unpaired) electrons. The third kappa shape index (κ3) is 19.1. The molecule has 402 valence electrons. The summed E-state index contributed by atoms with van der Waals surface area (Å²) in [6, 6.07) is 23.3. The summed E-state index contributed by atoms with van der Waals surface area (Å²) in [6.45, 7) is 8.02. The number of likely N-dealkylation sites (N-methyl/N-ethyl adjacent to an activating group) is 1. The molecular weight excluding hydrogens is 1040 g/mol. The van der Waals surface area contributed by atoms with Gasteiger partial charge in [-0.25, -0.2) is 23.1 Å². The van der Waals surface area contributed by atoms with Crippen molar-refractivity contribution in [2.24, 2.45) is 16.5 Å². The van der Waals surface area contributed by atoms with Crippen molar-refractivity contribution in [1.82, 2.24) is 30.2 Å². The number of aliphatic hydroxyl groups excluding tert-OH is 1. The number of rotatable bonds is 33. The van der Waals surface area contributed by atoms with E-state index in [2.05, 4.69) is 42.1 Å². The van der Waals surface area contributed by atoms with Crippen molar-refractivity contribution < 1.29 is 51.5 Å². The van der Waals surface area contributed by atoms with Crippen molar-refractivity contribution in [3.63, 3.8) is 0 Å². The quantitative estimate of drug-likeness (QED) is 0.0145. The minimum absolute atomic E-state index is 0.0848. The number of hydrogen-bond acceptors (Lipinski definition) is 16. The van der Waals surface area contributed by atoms with Crippen LogP contribution in [0.15, 0.2) is 88.8 Å². The average Bonchev–Trinajstić information content (AvgIpc) is 3.37. The lowest BCUT2D eigenvalue weighted by atomic mass is 9.84. The zero-order chi connectivity index (χ0) is 52.7. The highest BCUT2D eigenvalue weighted by molar-refractivity contribution is 7.89. The summed E-state index contributed by atoms with van der Waals surface area (Å²) in [4.78, 5) is 27.5. The van der Waals surface area contributed by atoms with Gasteiger partial charge in [-0.1, -0.05) is 66.0 Å². The number of benzene rings is 4. The maximum absolute atomic E-state index is 13.2. The van der Waals surface area contributed by atoms with Gasteiger partial charge in [0, 0.05) is 64.7 Å². The fourth-order valence-corrected chi connectivity index (χ4v) is 9.53. The standard InChI is InChI=1S/C50H64Cl3N9O11S/c1-2-62-30-42(40-28-37(52)29-44(53)43(40)31-62)34-5-4-8-39(26-34)74(65,66)58-13-16-69-19-21-70-20-17-67-14-11-56-46(63)32-72-33-47(64)57-12-15-68-18-22-71-23-24-73-38-7-3-6-35(25-38)48-41-27-36(51)9-10-45(41)59-50(60-48)61-49(54)55/h3-10,25-29,42,46,56,58,63H,2,11-24,30-33H2,1H3,(H,57,64)(H4,54,55,59,60,61)/t42-,46?/m0/s1. The van der Waals surface area contributed by atoms with Gasteiger partial charge in [0.15, 0.2) is 5.96 Å². The molecule has 24 heteroatoms. The molecule has 1 aliphatic rings. The number of guanidine groups is 1. The third-order valence-corrected chi connectivity index (χ3v) is 13.5. The van der Waals surface area contributed by atoms with Crippen LogP contribution in [0, 0.1) is 0 Å². The maximum atomic E-state index is 13.2. The molecule has 8 N–H and O–H groups in total. The number of fused-ring (bicyclic) bond motifs is 2. The molecule has 0 aliphatic carbocycles.